The molecule has 0 spiro atoms. The van der Waals surface area contributed by atoms with Gasteiger partial charge in [0.05, 0.1) is 11.5 Å². The maximum absolute atomic E-state index is 12.8. The number of rotatable bonds is 10. The molecule has 2 rings (SSSR count). The number of hydrogen-bond donors (Lipinski definition) is 1. The number of urea groups is 1. The number of nitrogens with one attached hydrogen (secondary N) is 1. The number of carbonyl (C=O) groups is 1. The van der Waals surface area contributed by atoms with Gasteiger partial charge in [0.1, 0.15) is 5.75 Å². The molecule has 1 N–H and O–H groups in total. The number of carbonyl (C=O) groups excluding carboxylic acids is 1. The molecule has 1 fully saturated rings. The molecule has 1 saturated heterocycles. The SMILES string of the molecule is CCOc1ccc(S(=O)(=O)N2CCN(C(=O)NCCCOCC(C)C)CC2)cc1. The molecular weight excluding hydrogens is 394 g/mol. The predicted molar refractivity (Wildman–Crippen MR) is 112 cm³/mol. The van der Waals surface area contributed by atoms with Crippen LogP contribution >= 0.6 is 0 Å². The average molecular weight is 428 g/mol. The molecule has 9 heteroatoms. The van der Waals surface area contributed by atoms with Gasteiger partial charge in [0.2, 0.25) is 10.0 Å². The molecule has 8 nitrogen and oxygen atoms in total. The zero-order valence-electron chi connectivity index (χ0n) is 17.6. The Balaban J connectivity index is 1.76. The van der Waals surface area contributed by atoms with Gasteiger partial charge >= 0.3 is 6.03 Å². The molecule has 164 valence electrons. The van der Waals surface area contributed by atoms with Gasteiger partial charge in [-0.25, -0.2) is 13.2 Å². The predicted octanol–water partition coefficient (Wildman–Crippen LogP) is 2.16. The Kier molecular flexibility index (Phi) is 9.19. The molecule has 0 aromatic heterocycles. The number of sulfonamides is 1. The van der Waals surface area contributed by atoms with E-state index in [-0.39, 0.29) is 24.0 Å². The van der Waals surface area contributed by atoms with Crippen LogP contribution < -0.4 is 10.1 Å². The zero-order chi connectivity index (χ0) is 21.3. The second kappa shape index (κ2) is 11.4. The molecule has 2 amide bonds. The molecule has 0 aliphatic carbocycles. The number of ether oxygens (including phenoxy) is 2. The Morgan fingerprint density at radius 1 is 1.14 bits per heavy atom. The van der Waals surface area contributed by atoms with Crippen molar-refractivity contribution in [2.24, 2.45) is 5.92 Å². The first kappa shape index (κ1) is 23.4. The molecule has 0 saturated carbocycles. The van der Waals surface area contributed by atoms with E-state index in [0.29, 0.717) is 44.5 Å². The molecule has 0 bridgehead atoms. The molecule has 0 radical (unpaired) electrons. The van der Waals surface area contributed by atoms with E-state index in [1.165, 1.54) is 4.31 Å². The van der Waals surface area contributed by atoms with E-state index in [9.17, 15) is 13.2 Å². The molecule has 1 aliphatic rings. The summed E-state index contributed by atoms with van der Waals surface area (Å²) >= 11 is 0. The standard InChI is InChI=1S/C20H33N3O5S/c1-4-28-18-6-8-19(9-7-18)29(25,26)23-13-11-22(12-14-23)20(24)21-10-5-15-27-16-17(2)3/h6-9,17H,4-5,10-16H2,1-3H3,(H,21,24). The minimum absolute atomic E-state index is 0.160. The van der Waals surface area contributed by atoms with Crippen LogP contribution in [0, 0.1) is 5.92 Å². The van der Waals surface area contributed by atoms with Crippen LogP contribution in [0.3, 0.4) is 0 Å². The van der Waals surface area contributed by atoms with E-state index in [1.54, 1.807) is 29.2 Å². The first-order chi connectivity index (χ1) is 13.8. The van der Waals surface area contributed by atoms with Crippen molar-refractivity contribution in [1.29, 1.82) is 0 Å². The molecule has 1 aromatic carbocycles. The Morgan fingerprint density at radius 3 is 2.38 bits per heavy atom. The van der Waals surface area contributed by atoms with E-state index in [4.69, 9.17) is 9.47 Å². The summed E-state index contributed by atoms with van der Waals surface area (Å²) in [5.74, 6) is 1.14. The van der Waals surface area contributed by atoms with Crippen LogP contribution in [-0.2, 0) is 14.8 Å². The molecule has 29 heavy (non-hydrogen) atoms. The fourth-order valence-electron chi connectivity index (χ4n) is 2.96. The Bertz CT molecular complexity index is 729. The number of amides is 2. The van der Waals surface area contributed by atoms with Crippen LogP contribution in [0.15, 0.2) is 29.2 Å². The monoisotopic (exact) mass is 427 g/mol. The number of benzene rings is 1. The van der Waals surface area contributed by atoms with Gasteiger partial charge in [0, 0.05) is 45.9 Å². The van der Waals surface area contributed by atoms with E-state index in [2.05, 4.69) is 19.2 Å². The molecule has 1 aromatic rings. The maximum Gasteiger partial charge on any atom is 0.317 e. The first-order valence-corrected chi connectivity index (χ1v) is 11.6. The van der Waals surface area contributed by atoms with Crippen molar-refractivity contribution in [3.63, 3.8) is 0 Å². The Morgan fingerprint density at radius 2 is 1.79 bits per heavy atom. The smallest absolute Gasteiger partial charge is 0.317 e. The highest BCUT2D eigenvalue weighted by atomic mass is 32.2. The van der Waals surface area contributed by atoms with Gasteiger partial charge in [-0.1, -0.05) is 13.8 Å². The third-order valence-corrected chi connectivity index (χ3v) is 6.40. The molecular formula is C20H33N3O5S. The number of nitrogens with zero attached hydrogens (tertiary/aromatic N) is 2. The van der Waals surface area contributed by atoms with Gasteiger partial charge in [-0.05, 0) is 43.5 Å². The molecule has 0 unspecified atom stereocenters. The topological polar surface area (TPSA) is 88.2 Å². The third-order valence-electron chi connectivity index (χ3n) is 4.49. The van der Waals surface area contributed by atoms with Crippen LogP contribution in [0.4, 0.5) is 4.79 Å². The van der Waals surface area contributed by atoms with E-state index in [1.807, 2.05) is 6.92 Å². The van der Waals surface area contributed by atoms with Gasteiger partial charge in [-0.3, -0.25) is 0 Å². The average Bonchev–Trinajstić information content (AvgIpc) is 2.71. The van der Waals surface area contributed by atoms with Gasteiger partial charge in [0.25, 0.3) is 0 Å². The Labute approximate surface area is 174 Å². The minimum atomic E-state index is -3.57. The van der Waals surface area contributed by atoms with Crippen LogP contribution in [0.25, 0.3) is 0 Å². The van der Waals surface area contributed by atoms with Crippen molar-refractivity contribution in [2.75, 3.05) is 52.5 Å². The largest absolute Gasteiger partial charge is 0.494 e. The highest BCUT2D eigenvalue weighted by molar-refractivity contribution is 7.89. The molecule has 0 atom stereocenters. The van der Waals surface area contributed by atoms with Crippen LogP contribution in [0.1, 0.15) is 27.2 Å². The van der Waals surface area contributed by atoms with Gasteiger partial charge in [0.15, 0.2) is 0 Å². The minimum Gasteiger partial charge on any atom is -0.494 e. The van der Waals surface area contributed by atoms with Crippen molar-refractivity contribution in [2.45, 2.75) is 32.1 Å². The summed E-state index contributed by atoms with van der Waals surface area (Å²) in [5, 5.41) is 2.87. The maximum atomic E-state index is 12.8. The number of piperazine rings is 1. The van der Waals surface area contributed by atoms with Gasteiger partial charge < -0.3 is 19.7 Å². The summed E-state index contributed by atoms with van der Waals surface area (Å²) in [4.78, 5) is 14.1. The van der Waals surface area contributed by atoms with Gasteiger partial charge in [-0.2, -0.15) is 4.31 Å². The lowest BCUT2D eigenvalue weighted by molar-refractivity contribution is 0.107. The lowest BCUT2D eigenvalue weighted by atomic mass is 10.2. The Hall–Kier alpha value is -1.84. The fraction of sp³-hybridized carbons (Fsp3) is 0.650. The highest BCUT2D eigenvalue weighted by Gasteiger charge is 2.30. The summed E-state index contributed by atoms with van der Waals surface area (Å²) < 4.78 is 37.9. The van der Waals surface area contributed by atoms with Crippen molar-refractivity contribution < 1.29 is 22.7 Å². The molecule has 1 aliphatic heterocycles. The fourth-order valence-corrected chi connectivity index (χ4v) is 4.38. The summed E-state index contributed by atoms with van der Waals surface area (Å²) in [7, 11) is -3.57. The quantitative estimate of drug-likeness (QED) is 0.578. The highest BCUT2D eigenvalue weighted by Crippen LogP contribution is 2.21. The van der Waals surface area contributed by atoms with Crippen LogP contribution in [0.5, 0.6) is 5.75 Å². The van der Waals surface area contributed by atoms with Crippen molar-refractivity contribution in [3.8, 4) is 5.75 Å². The second-order valence-corrected chi connectivity index (χ2v) is 9.29. The molecule has 1 heterocycles. The summed E-state index contributed by atoms with van der Waals surface area (Å²) in [5.41, 5.74) is 0. The third kappa shape index (κ3) is 7.17. The van der Waals surface area contributed by atoms with Crippen LogP contribution in [-0.4, -0.2) is 76.2 Å². The zero-order valence-corrected chi connectivity index (χ0v) is 18.4. The van der Waals surface area contributed by atoms with E-state index >= 15 is 0 Å². The van der Waals surface area contributed by atoms with Crippen molar-refractivity contribution in [1.82, 2.24) is 14.5 Å². The summed E-state index contributed by atoms with van der Waals surface area (Å²) in [6.45, 7) is 9.77. The lowest BCUT2D eigenvalue weighted by Crippen LogP contribution is -2.53. The van der Waals surface area contributed by atoms with E-state index in [0.717, 1.165) is 13.0 Å². The van der Waals surface area contributed by atoms with Crippen LogP contribution in [0.2, 0.25) is 0 Å². The number of hydrogen-bond acceptors (Lipinski definition) is 5. The van der Waals surface area contributed by atoms with Crippen molar-refractivity contribution in [3.05, 3.63) is 24.3 Å². The van der Waals surface area contributed by atoms with Gasteiger partial charge in [-0.15, -0.1) is 0 Å². The second-order valence-electron chi connectivity index (χ2n) is 7.35. The first-order valence-electron chi connectivity index (χ1n) is 10.2. The van der Waals surface area contributed by atoms with Crippen molar-refractivity contribution >= 4 is 16.1 Å². The summed E-state index contributed by atoms with van der Waals surface area (Å²) in [6, 6.07) is 6.27. The summed E-state index contributed by atoms with van der Waals surface area (Å²) in [6.07, 6.45) is 0.755. The normalized spacial score (nSPS) is 15.5. The van der Waals surface area contributed by atoms with E-state index < -0.39 is 10.0 Å². The lowest BCUT2D eigenvalue weighted by Gasteiger charge is -2.34.